The number of hydrogen-bond acceptors (Lipinski definition) is 6. The number of piperazine rings is 1. The van der Waals surface area contributed by atoms with Gasteiger partial charge in [-0.2, -0.15) is 0 Å². The standard InChI is InChI=1S/C14H22N4O2S/c19-14(7-12-9-20-6-1-15-12)18-4-2-17(3-5-18)8-13-10-21-11-16-13/h10-12,15H,1-9H2. The molecule has 0 spiro atoms. The summed E-state index contributed by atoms with van der Waals surface area (Å²) in [4.78, 5) is 20.9. The predicted octanol–water partition coefficient (Wildman–Crippen LogP) is 0.166. The zero-order valence-electron chi connectivity index (χ0n) is 12.2. The summed E-state index contributed by atoms with van der Waals surface area (Å²) in [5.74, 6) is 0.242. The normalized spacial score (nSPS) is 24.2. The molecule has 2 aliphatic heterocycles. The third-order valence-corrected chi connectivity index (χ3v) is 4.65. The molecule has 1 aromatic rings. The molecule has 1 aromatic heterocycles. The van der Waals surface area contributed by atoms with Crippen molar-refractivity contribution in [1.82, 2.24) is 20.1 Å². The number of ether oxygens (including phenoxy) is 1. The fraction of sp³-hybridized carbons (Fsp3) is 0.714. The number of thiazole rings is 1. The number of carbonyl (C=O) groups excluding carboxylic acids is 1. The van der Waals surface area contributed by atoms with Crippen molar-refractivity contribution in [3.8, 4) is 0 Å². The van der Waals surface area contributed by atoms with Gasteiger partial charge in [-0.15, -0.1) is 11.3 Å². The van der Waals surface area contributed by atoms with E-state index in [2.05, 4.69) is 20.6 Å². The summed E-state index contributed by atoms with van der Waals surface area (Å²) in [6.07, 6.45) is 0.548. The average molecular weight is 310 g/mol. The van der Waals surface area contributed by atoms with Crippen LogP contribution in [0.4, 0.5) is 0 Å². The first-order valence-corrected chi connectivity index (χ1v) is 8.44. The number of carbonyl (C=O) groups is 1. The number of amides is 1. The number of nitrogens with zero attached hydrogens (tertiary/aromatic N) is 3. The minimum absolute atomic E-state index is 0.180. The second-order valence-corrected chi connectivity index (χ2v) is 6.29. The van der Waals surface area contributed by atoms with E-state index in [0.29, 0.717) is 13.0 Å². The quantitative estimate of drug-likeness (QED) is 0.859. The lowest BCUT2D eigenvalue weighted by atomic mass is 10.1. The van der Waals surface area contributed by atoms with Crippen molar-refractivity contribution in [3.05, 3.63) is 16.6 Å². The predicted molar refractivity (Wildman–Crippen MR) is 81.2 cm³/mol. The van der Waals surface area contributed by atoms with Gasteiger partial charge in [0, 0.05) is 57.1 Å². The summed E-state index contributed by atoms with van der Waals surface area (Å²) in [5, 5.41) is 5.43. The van der Waals surface area contributed by atoms with Gasteiger partial charge in [0.15, 0.2) is 0 Å². The Morgan fingerprint density at radius 3 is 2.95 bits per heavy atom. The van der Waals surface area contributed by atoms with Gasteiger partial charge >= 0.3 is 0 Å². The van der Waals surface area contributed by atoms with E-state index < -0.39 is 0 Å². The smallest absolute Gasteiger partial charge is 0.224 e. The van der Waals surface area contributed by atoms with Crippen molar-refractivity contribution in [3.63, 3.8) is 0 Å². The van der Waals surface area contributed by atoms with Crippen LogP contribution < -0.4 is 5.32 Å². The fourth-order valence-corrected chi connectivity index (χ4v) is 3.34. The summed E-state index contributed by atoms with van der Waals surface area (Å²) in [7, 11) is 0. The van der Waals surface area contributed by atoms with Crippen molar-refractivity contribution in [2.75, 3.05) is 45.9 Å². The van der Waals surface area contributed by atoms with Crippen molar-refractivity contribution in [2.45, 2.75) is 19.0 Å². The molecular formula is C14H22N4O2S. The Morgan fingerprint density at radius 1 is 1.43 bits per heavy atom. The largest absolute Gasteiger partial charge is 0.378 e. The van der Waals surface area contributed by atoms with E-state index in [1.807, 2.05) is 10.4 Å². The van der Waals surface area contributed by atoms with Gasteiger partial charge in [-0.3, -0.25) is 9.69 Å². The molecule has 1 amide bonds. The lowest BCUT2D eigenvalue weighted by Crippen LogP contribution is -2.51. The SMILES string of the molecule is O=C(CC1COCCN1)N1CCN(Cc2cscn2)CC1. The lowest BCUT2D eigenvalue weighted by Gasteiger charge is -2.35. The molecular weight excluding hydrogens is 288 g/mol. The maximum Gasteiger partial charge on any atom is 0.224 e. The lowest BCUT2D eigenvalue weighted by molar-refractivity contribution is -0.134. The fourth-order valence-electron chi connectivity index (χ4n) is 2.79. The molecule has 0 aliphatic carbocycles. The molecule has 21 heavy (non-hydrogen) atoms. The second kappa shape index (κ2) is 7.31. The van der Waals surface area contributed by atoms with Crippen LogP contribution in [0.2, 0.25) is 0 Å². The van der Waals surface area contributed by atoms with Gasteiger partial charge in [-0.1, -0.05) is 0 Å². The van der Waals surface area contributed by atoms with Crippen LogP contribution >= 0.6 is 11.3 Å². The Morgan fingerprint density at radius 2 is 2.29 bits per heavy atom. The highest BCUT2D eigenvalue weighted by Crippen LogP contribution is 2.10. The Kier molecular flexibility index (Phi) is 5.18. The third kappa shape index (κ3) is 4.23. The van der Waals surface area contributed by atoms with E-state index in [1.54, 1.807) is 11.3 Å². The summed E-state index contributed by atoms with van der Waals surface area (Å²) < 4.78 is 5.40. The minimum Gasteiger partial charge on any atom is -0.378 e. The zero-order chi connectivity index (χ0) is 14.5. The Hall–Kier alpha value is -1.02. The number of morpholine rings is 1. The second-order valence-electron chi connectivity index (χ2n) is 5.57. The Balaban J connectivity index is 1.41. The van der Waals surface area contributed by atoms with E-state index in [9.17, 15) is 4.79 Å². The van der Waals surface area contributed by atoms with Crippen molar-refractivity contribution in [2.24, 2.45) is 0 Å². The highest BCUT2D eigenvalue weighted by Gasteiger charge is 2.24. The van der Waals surface area contributed by atoms with Gasteiger partial charge in [0.05, 0.1) is 24.4 Å². The molecule has 2 saturated heterocycles. The summed E-state index contributed by atoms with van der Waals surface area (Å²) in [6, 6.07) is 0.180. The van der Waals surface area contributed by atoms with E-state index in [-0.39, 0.29) is 11.9 Å². The zero-order valence-corrected chi connectivity index (χ0v) is 13.0. The number of nitrogens with one attached hydrogen (secondary N) is 1. The molecule has 7 heteroatoms. The van der Waals surface area contributed by atoms with Crippen LogP contribution in [0.1, 0.15) is 12.1 Å². The maximum absolute atomic E-state index is 12.3. The van der Waals surface area contributed by atoms with E-state index in [0.717, 1.165) is 51.6 Å². The van der Waals surface area contributed by atoms with Gasteiger partial charge in [0.2, 0.25) is 5.91 Å². The van der Waals surface area contributed by atoms with Gasteiger partial charge in [-0.05, 0) is 0 Å². The van der Waals surface area contributed by atoms with Gasteiger partial charge in [0.1, 0.15) is 0 Å². The Bertz CT molecular complexity index is 440. The van der Waals surface area contributed by atoms with E-state index >= 15 is 0 Å². The summed E-state index contributed by atoms with van der Waals surface area (Å²) in [5.41, 5.74) is 3.00. The summed E-state index contributed by atoms with van der Waals surface area (Å²) >= 11 is 1.63. The topological polar surface area (TPSA) is 57.7 Å². The van der Waals surface area contributed by atoms with E-state index in [4.69, 9.17) is 4.74 Å². The molecule has 2 aliphatic rings. The molecule has 0 saturated carbocycles. The molecule has 3 rings (SSSR count). The molecule has 2 fully saturated rings. The maximum atomic E-state index is 12.3. The highest BCUT2D eigenvalue weighted by molar-refractivity contribution is 7.07. The Labute approximate surface area is 129 Å². The monoisotopic (exact) mass is 310 g/mol. The van der Waals surface area contributed by atoms with Crippen LogP contribution in [0.3, 0.4) is 0 Å². The minimum atomic E-state index is 0.180. The molecule has 1 unspecified atom stereocenters. The van der Waals surface area contributed by atoms with Crippen LogP contribution in [-0.2, 0) is 16.1 Å². The molecule has 0 aromatic carbocycles. The first-order chi connectivity index (χ1) is 10.3. The average Bonchev–Trinajstić information content (AvgIpc) is 3.02. The first-order valence-electron chi connectivity index (χ1n) is 7.49. The summed E-state index contributed by atoms with van der Waals surface area (Å²) in [6.45, 7) is 6.63. The van der Waals surface area contributed by atoms with Crippen LogP contribution in [0.25, 0.3) is 0 Å². The molecule has 3 heterocycles. The van der Waals surface area contributed by atoms with Crippen LogP contribution in [0, 0.1) is 0 Å². The molecule has 0 radical (unpaired) electrons. The van der Waals surface area contributed by atoms with Crippen LogP contribution in [-0.4, -0.2) is 72.7 Å². The van der Waals surface area contributed by atoms with E-state index in [1.165, 1.54) is 0 Å². The molecule has 6 nitrogen and oxygen atoms in total. The van der Waals surface area contributed by atoms with Crippen molar-refractivity contribution < 1.29 is 9.53 Å². The third-order valence-electron chi connectivity index (χ3n) is 4.01. The van der Waals surface area contributed by atoms with Gasteiger partial charge in [0.25, 0.3) is 0 Å². The number of hydrogen-bond donors (Lipinski definition) is 1. The number of rotatable bonds is 4. The highest BCUT2D eigenvalue weighted by atomic mass is 32.1. The van der Waals surface area contributed by atoms with Gasteiger partial charge < -0.3 is 15.0 Å². The molecule has 1 N–H and O–H groups in total. The van der Waals surface area contributed by atoms with Gasteiger partial charge in [-0.25, -0.2) is 4.98 Å². The van der Waals surface area contributed by atoms with Crippen molar-refractivity contribution >= 4 is 17.2 Å². The van der Waals surface area contributed by atoms with Crippen LogP contribution in [0.15, 0.2) is 10.9 Å². The number of aromatic nitrogens is 1. The molecule has 1 atom stereocenters. The first kappa shape index (κ1) is 14.9. The molecule has 116 valence electrons. The van der Waals surface area contributed by atoms with Crippen LogP contribution in [0.5, 0.6) is 0 Å². The van der Waals surface area contributed by atoms with Crippen molar-refractivity contribution in [1.29, 1.82) is 0 Å². The molecule has 0 bridgehead atoms.